The van der Waals surface area contributed by atoms with Crippen LogP contribution in [-0.4, -0.2) is 4.98 Å². The first-order chi connectivity index (χ1) is 9.22. The van der Waals surface area contributed by atoms with Gasteiger partial charge in [-0.15, -0.1) is 11.3 Å². The van der Waals surface area contributed by atoms with Gasteiger partial charge in [0.15, 0.2) is 0 Å². The highest BCUT2D eigenvalue weighted by atomic mass is 32.1. The van der Waals surface area contributed by atoms with Crippen LogP contribution in [0.15, 0.2) is 54.7 Å². The summed E-state index contributed by atoms with van der Waals surface area (Å²) in [6.45, 7) is 0. The Balaban J connectivity index is 1.95. The van der Waals surface area contributed by atoms with E-state index in [1.165, 1.54) is 35.6 Å². The van der Waals surface area contributed by atoms with E-state index in [0.29, 0.717) is 0 Å². The number of hydrogen-bond acceptors (Lipinski definition) is 2. The van der Waals surface area contributed by atoms with Crippen molar-refractivity contribution in [3.8, 4) is 21.0 Å². The minimum atomic E-state index is -0.265. The monoisotopic (exact) mass is 273 g/mol. The van der Waals surface area contributed by atoms with Gasteiger partial charge in [-0.2, -0.15) is 0 Å². The molecule has 0 spiro atoms. The van der Waals surface area contributed by atoms with Crippen LogP contribution < -0.4 is 0 Å². The molecule has 0 fully saturated rings. The Morgan fingerprint density at radius 2 is 1.26 bits per heavy atom. The summed E-state index contributed by atoms with van der Waals surface area (Å²) in [5, 5.41) is 0.819. The SMILES string of the molecule is Fc1ccc(-c2cnc(-c3ccc(F)cc3)s2)cc1. The molecule has 94 valence electrons. The van der Waals surface area contributed by atoms with Gasteiger partial charge in [-0.25, -0.2) is 13.8 Å². The van der Waals surface area contributed by atoms with Crippen molar-refractivity contribution in [1.82, 2.24) is 4.98 Å². The zero-order chi connectivity index (χ0) is 13.2. The highest BCUT2D eigenvalue weighted by Crippen LogP contribution is 2.31. The Morgan fingerprint density at radius 1 is 0.737 bits per heavy atom. The third-order valence-electron chi connectivity index (χ3n) is 2.73. The summed E-state index contributed by atoms with van der Waals surface area (Å²) in [6, 6.07) is 12.5. The summed E-state index contributed by atoms with van der Waals surface area (Å²) in [6.07, 6.45) is 1.75. The first-order valence-electron chi connectivity index (χ1n) is 5.70. The number of nitrogens with zero attached hydrogens (tertiary/aromatic N) is 1. The number of thiazole rings is 1. The standard InChI is InChI=1S/C15H9F2NS/c16-12-5-1-10(2-6-12)14-9-18-15(19-14)11-3-7-13(17)8-4-11/h1-9H. The van der Waals surface area contributed by atoms with Gasteiger partial charge in [0.25, 0.3) is 0 Å². The summed E-state index contributed by atoms with van der Waals surface area (Å²) < 4.78 is 25.7. The molecule has 0 radical (unpaired) electrons. The van der Waals surface area contributed by atoms with E-state index >= 15 is 0 Å². The molecule has 4 heteroatoms. The molecule has 0 N–H and O–H groups in total. The number of halogens is 2. The van der Waals surface area contributed by atoms with Crippen molar-refractivity contribution in [3.05, 3.63) is 66.4 Å². The molecule has 0 saturated heterocycles. The summed E-state index contributed by atoms with van der Waals surface area (Å²) in [5.74, 6) is -0.522. The van der Waals surface area contributed by atoms with Crippen LogP contribution in [0, 0.1) is 11.6 Å². The second-order valence-electron chi connectivity index (χ2n) is 4.04. The second kappa shape index (κ2) is 4.90. The smallest absolute Gasteiger partial charge is 0.123 e. The molecule has 0 aliphatic carbocycles. The lowest BCUT2D eigenvalue weighted by Crippen LogP contribution is -1.76. The molecule has 2 aromatic carbocycles. The summed E-state index contributed by atoms with van der Waals surface area (Å²) in [7, 11) is 0. The Kier molecular flexibility index (Phi) is 3.09. The van der Waals surface area contributed by atoms with E-state index in [4.69, 9.17) is 0 Å². The van der Waals surface area contributed by atoms with Crippen molar-refractivity contribution >= 4 is 11.3 Å². The maximum absolute atomic E-state index is 12.9. The molecule has 3 rings (SSSR count). The summed E-state index contributed by atoms with van der Waals surface area (Å²) in [4.78, 5) is 5.27. The van der Waals surface area contributed by atoms with E-state index in [1.54, 1.807) is 30.5 Å². The molecular formula is C15H9F2NS. The number of hydrogen-bond donors (Lipinski definition) is 0. The van der Waals surface area contributed by atoms with Gasteiger partial charge < -0.3 is 0 Å². The molecular weight excluding hydrogens is 264 g/mol. The summed E-state index contributed by atoms with van der Waals surface area (Å²) in [5.41, 5.74) is 1.80. The van der Waals surface area contributed by atoms with Gasteiger partial charge in [0.05, 0.1) is 4.88 Å². The lowest BCUT2D eigenvalue weighted by Gasteiger charge is -1.96. The van der Waals surface area contributed by atoms with Gasteiger partial charge in [-0.05, 0) is 42.0 Å². The van der Waals surface area contributed by atoms with E-state index in [2.05, 4.69) is 4.98 Å². The fourth-order valence-corrected chi connectivity index (χ4v) is 2.67. The molecule has 0 amide bonds. The van der Waals surface area contributed by atoms with Crippen molar-refractivity contribution < 1.29 is 8.78 Å². The Hall–Kier alpha value is -2.07. The van der Waals surface area contributed by atoms with Gasteiger partial charge >= 0.3 is 0 Å². The van der Waals surface area contributed by atoms with Crippen LogP contribution in [0.5, 0.6) is 0 Å². The Bertz CT molecular complexity index is 627. The minimum Gasteiger partial charge on any atom is -0.244 e. The third-order valence-corrected chi connectivity index (χ3v) is 3.82. The van der Waals surface area contributed by atoms with E-state index < -0.39 is 0 Å². The number of benzene rings is 2. The van der Waals surface area contributed by atoms with Crippen LogP contribution in [0.2, 0.25) is 0 Å². The lowest BCUT2D eigenvalue weighted by atomic mass is 10.2. The van der Waals surface area contributed by atoms with Gasteiger partial charge in [0.2, 0.25) is 0 Å². The van der Waals surface area contributed by atoms with Crippen LogP contribution in [-0.2, 0) is 0 Å². The largest absolute Gasteiger partial charge is 0.244 e. The van der Waals surface area contributed by atoms with Crippen molar-refractivity contribution in [2.24, 2.45) is 0 Å². The second-order valence-corrected chi connectivity index (χ2v) is 5.07. The number of rotatable bonds is 2. The topological polar surface area (TPSA) is 12.9 Å². The average molecular weight is 273 g/mol. The normalized spacial score (nSPS) is 10.6. The van der Waals surface area contributed by atoms with E-state index in [0.717, 1.165) is 21.0 Å². The zero-order valence-corrected chi connectivity index (χ0v) is 10.6. The molecule has 0 unspecified atom stereocenters. The fourth-order valence-electron chi connectivity index (χ4n) is 1.75. The predicted molar refractivity (Wildman–Crippen MR) is 72.9 cm³/mol. The fraction of sp³-hybridized carbons (Fsp3) is 0. The van der Waals surface area contributed by atoms with Crippen LogP contribution in [0.3, 0.4) is 0 Å². The average Bonchev–Trinajstić information content (AvgIpc) is 2.90. The molecule has 1 aromatic heterocycles. The van der Waals surface area contributed by atoms with E-state index in [9.17, 15) is 8.78 Å². The van der Waals surface area contributed by atoms with Crippen molar-refractivity contribution in [2.45, 2.75) is 0 Å². The first-order valence-corrected chi connectivity index (χ1v) is 6.52. The first kappa shape index (κ1) is 12.0. The molecule has 1 nitrogen and oxygen atoms in total. The van der Waals surface area contributed by atoms with Crippen LogP contribution in [0.25, 0.3) is 21.0 Å². The molecule has 0 aliphatic rings. The summed E-state index contributed by atoms with van der Waals surface area (Å²) >= 11 is 1.49. The molecule has 0 atom stereocenters. The van der Waals surface area contributed by atoms with Crippen molar-refractivity contribution in [2.75, 3.05) is 0 Å². The highest BCUT2D eigenvalue weighted by Gasteiger charge is 2.06. The molecule has 3 aromatic rings. The highest BCUT2D eigenvalue weighted by molar-refractivity contribution is 7.18. The Labute approximate surface area is 113 Å². The molecule has 0 bridgehead atoms. The third kappa shape index (κ3) is 2.53. The van der Waals surface area contributed by atoms with Crippen LogP contribution >= 0.6 is 11.3 Å². The molecule has 0 aliphatic heterocycles. The van der Waals surface area contributed by atoms with Crippen molar-refractivity contribution in [1.29, 1.82) is 0 Å². The van der Waals surface area contributed by atoms with Crippen molar-refractivity contribution in [3.63, 3.8) is 0 Å². The maximum atomic E-state index is 12.9. The van der Waals surface area contributed by atoms with Gasteiger partial charge in [0, 0.05) is 11.8 Å². The van der Waals surface area contributed by atoms with Crippen LogP contribution in [0.1, 0.15) is 0 Å². The molecule has 0 saturated carbocycles. The molecule has 1 heterocycles. The lowest BCUT2D eigenvalue weighted by molar-refractivity contribution is 0.627. The molecule has 19 heavy (non-hydrogen) atoms. The predicted octanol–water partition coefficient (Wildman–Crippen LogP) is 4.76. The minimum absolute atomic E-state index is 0.257. The van der Waals surface area contributed by atoms with Gasteiger partial charge in [-0.1, -0.05) is 12.1 Å². The zero-order valence-electron chi connectivity index (χ0n) is 9.81. The van der Waals surface area contributed by atoms with Gasteiger partial charge in [-0.3, -0.25) is 0 Å². The Morgan fingerprint density at radius 3 is 1.84 bits per heavy atom. The van der Waals surface area contributed by atoms with Gasteiger partial charge in [0.1, 0.15) is 16.6 Å². The van der Waals surface area contributed by atoms with Crippen LogP contribution in [0.4, 0.5) is 8.78 Å². The number of aromatic nitrogens is 1. The van der Waals surface area contributed by atoms with E-state index in [1.807, 2.05) is 0 Å². The maximum Gasteiger partial charge on any atom is 0.123 e. The van der Waals surface area contributed by atoms with E-state index in [-0.39, 0.29) is 11.6 Å². The quantitative estimate of drug-likeness (QED) is 0.656.